The second-order valence-corrected chi connectivity index (χ2v) is 20.1. The zero-order valence-electron chi connectivity index (χ0n) is 31.3. The molecule has 4 nitrogen and oxygen atoms in total. The largest absolute Gasteiger partial charge is 0.351 e. The number of fused-ring (bicyclic) bond motifs is 4. The summed E-state index contributed by atoms with van der Waals surface area (Å²) in [5, 5.41) is 14.4. The van der Waals surface area contributed by atoms with Gasteiger partial charge in [0.05, 0.1) is 0 Å². The van der Waals surface area contributed by atoms with Crippen molar-refractivity contribution < 1.29 is 0 Å². The summed E-state index contributed by atoms with van der Waals surface area (Å²) in [5.41, 5.74) is 5.23. The number of rotatable bonds is 6. The van der Waals surface area contributed by atoms with Crippen LogP contribution in [0.25, 0.3) is 43.6 Å². The van der Waals surface area contributed by atoms with Crippen LogP contribution in [0.1, 0.15) is 0 Å². The Bertz CT molecular complexity index is 2530. The van der Waals surface area contributed by atoms with Crippen molar-refractivity contribution in [3.63, 3.8) is 0 Å². The summed E-state index contributed by atoms with van der Waals surface area (Å²) in [6.07, 6.45) is 9.43. The number of aryl methyl sites for hydroxylation is 4. The molecule has 0 N–H and O–H groups in total. The van der Waals surface area contributed by atoms with E-state index in [9.17, 15) is 0 Å². The highest BCUT2D eigenvalue weighted by Crippen LogP contribution is 2.19. The van der Waals surface area contributed by atoms with Crippen molar-refractivity contribution in [3.05, 3.63) is 183 Å². The average molecular weight is 733 g/mol. The number of nitrogens with zero attached hydrogens (tertiary/aromatic N) is 4. The molecule has 10 rings (SSSR count). The Hall–Kier alpha value is -6.09. The first-order valence-electron chi connectivity index (χ1n) is 18.7. The molecule has 10 aromatic rings. The van der Waals surface area contributed by atoms with E-state index in [2.05, 4.69) is 229 Å². The van der Waals surface area contributed by atoms with Gasteiger partial charge < -0.3 is 18.3 Å². The van der Waals surface area contributed by atoms with Gasteiger partial charge in [0.2, 0.25) is 0 Å². The van der Waals surface area contributed by atoms with Gasteiger partial charge in [-0.1, -0.05) is 144 Å². The molecule has 0 spiro atoms. The molecular formula is C48H44N4Si2. The lowest BCUT2D eigenvalue weighted by Gasteiger charge is -2.15. The van der Waals surface area contributed by atoms with Gasteiger partial charge in [0, 0.05) is 75.0 Å². The molecule has 0 saturated heterocycles. The van der Waals surface area contributed by atoms with E-state index in [1.165, 1.54) is 74.7 Å². The van der Waals surface area contributed by atoms with Crippen molar-refractivity contribution in [2.75, 3.05) is 0 Å². The minimum absolute atomic E-state index is 1.31. The molecule has 4 heterocycles. The van der Waals surface area contributed by atoms with E-state index < -0.39 is 17.6 Å². The lowest BCUT2D eigenvalue weighted by atomic mass is 10.2. The fourth-order valence-electron chi connectivity index (χ4n) is 8.76. The first-order chi connectivity index (χ1) is 26.5. The number of aromatic nitrogens is 4. The van der Waals surface area contributed by atoms with Crippen molar-refractivity contribution in [1.29, 1.82) is 0 Å². The van der Waals surface area contributed by atoms with Crippen LogP contribution in [0.5, 0.6) is 0 Å². The monoisotopic (exact) mass is 732 g/mol. The number of hydrogen-bond donors (Lipinski definition) is 0. The van der Waals surface area contributed by atoms with Gasteiger partial charge in [-0.25, -0.2) is 0 Å². The summed E-state index contributed by atoms with van der Waals surface area (Å²) >= 11 is 0. The van der Waals surface area contributed by atoms with Crippen LogP contribution in [0.15, 0.2) is 183 Å². The smallest absolute Gasteiger partial charge is 0.138 e. The molecule has 0 unspecified atom stereocenters. The Morgan fingerprint density at radius 2 is 0.500 bits per heavy atom. The van der Waals surface area contributed by atoms with E-state index in [4.69, 9.17) is 0 Å². The van der Waals surface area contributed by atoms with Gasteiger partial charge in [-0.05, 0) is 66.6 Å². The minimum atomic E-state index is -1.61. The van der Waals surface area contributed by atoms with Crippen LogP contribution in [-0.4, -0.2) is 35.9 Å². The van der Waals surface area contributed by atoms with E-state index >= 15 is 0 Å². The van der Waals surface area contributed by atoms with Gasteiger partial charge in [0.15, 0.2) is 0 Å². The van der Waals surface area contributed by atoms with Crippen molar-refractivity contribution >= 4 is 92.3 Å². The Balaban J connectivity index is 0.000000142. The van der Waals surface area contributed by atoms with Crippen LogP contribution >= 0.6 is 0 Å². The second-order valence-electron chi connectivity index (χ2n) is 14.5. The number of benzene rings is 6. The van der Waals surface area contributed by atoms with Gasteiger partial charge in [-0.3, -0.25) is 0 Å². The highest BCUT2D eigenvalue weighted by molar-refractivity contribution is 6.99. The van der Waals surface area contributed by atoms with Gasteiger partial charge in [0.1, 0.15) is 17.6 Å². The molecule has 0 aliphatic carbocycles. The molecule has 0 aliphatic heterocycles. The van der Waals surface area contributed by atoms with Crippen LogP contribution in [0.4, 0.5) is 0 Å². The van der Waals surface area contributed by atoms with Crippen molar-refractivity contribution in [2.45, 2.75) is 0 Å². The Morgan fingerprint density at radius 3 is 0.759 bits per heavy atom. The van der Waals surface area contributed by atoms with Gasteiger partial charge in [0.25, 0.3) is 0 Å². The predicted molar refractivity (Wildman–Crippen MR) is 237 cm³/mol. The first-order valence-corrected chi connectivity index (χ1v) is 22.2. The van der Waals surface area contributed by atoms with Gasteiger partial charge in [-0.2, -0.15) is 0 Å². The standard InChI is InChI=1S/2C24H22N2Si/c2*1-25-16-23(19-12-6-8-14-21(19)25)27(18-10-4-3-5-11-18)24-17-26(2)22-15-9-7-13-20(22)24/h2*3-17,27H,1-2H3. The average Bonchev–Trinajstić information content (AvgIpc) is 3.94. The SMILES string of the molecule is Cn1cc([SiH](c2ccccc2)c2cn(C)c3ccccc23)c2ccccc21.Cn1cc([SiH](c2ccccc2)c2cn(C)c3ccccc23)c2ccccc21. The molecule has 0 atom stereocenters. The second kappa shape index (κ2) is 14.0. The van der Waals surface area contributed by atoms with Crippen LogP contribution < -0.4 is 31.1 Å². The molecular weight excluding hydrogens is 689 g/mol. The van der Waals surface area contributed by atoms with Crippen LogP contribution in [0.2, 0.25) is 0 Å². The summed E-state index contributed by atoms with van der Waals surface area (Å²) in [4.78, 5) is 0. The Kier molecular flexibility index (Phi) is 8.77. The summed E-state index contributed by atoms with van der Waals surface area (Å²) in [6.45, 7) is 0. The Labute approximate surface area is 320 Å². The normalized spacial score (nSPS) is 11.7. The lowest BCUT2D eigenvalue weighted by molar-refractivity contribution is 0.971. The van der Waals surface area contributed by atoms with E-state index in [0.717, 1.165) is 0 Å². The van der Waals surface area contributed by atoms with Gasteiger partial charge >= 0.3 is 0 Å². The summed E-state index contributed by atoms with van der Waals surface area (Å²) in [7, 11) is 5.41. The molecule has 0 bridgehead atoms. The molecule has 4 aromatic heterocycles. The Morgan fingerprint density at radius 1 is 0.278 bits per heavy atom. The van der Waals surface area contributed by atoms with Crippen molar-refractivity contribution in [2.24, 2.45) is 28.2 Å². The molecule has 6 aromatic carbocycles. The highest BCUT2D eigenvalue weighted by Gasteiger charge is 2.27. The predicted octanol–water partition coefficient (Wildman–Crippen LogP) is 5.84. The molecule has 0 aliphatic rings. The van der Waals surface area contributed by atoms with Crippen LogP contribution in [0.3, 0.4) is 0 Å². The van der Waals surface area contributed by atoms with Crippen molar-refractivity contribution in [1.82, 2.24) is 18.3 Å². The maximum absolute atomic E-state index is 2.36. The fraction of sp³-hybridized carbons (Fsp3) is 0.0833. The van der Waals surface area contributed by atoms with E-state index in [1.807, 2.05) is 0 Å². The lowest BCUT2D eigenvalue weighted by Crippen LogP contribution is -2.51. The van der Waals surface area contributed by atoms with E-state index in [-0.39, 0.29) is 0 Å². The van der Waals surface area contributed by atoms with Gasteiger partial charge in [-0.15, -0.1) is 0 Å². The van der Waals surface area contributed by atoms with Crippen LogP contribution in [-0.2, 0) is 28.2 Å². The third kappa shape index (κ3) is 5.84. The third-order valence-electron chi connectivity index (χ3n) is 11.2. The number of para-hydroxylation sites is 4. The topological polar surface area (TPSA) is 19.7 Å². The number of hydrogen-bond acceptors (Lipinski definition) is 0. The maximum Gasteiger partial charge on any atom is 0.138 e. The fourth-order valence-corrected chi connectivity index (χ4v) is 15.8. The molecule has 0 amide bonds. The van der Waals surface area contributed by atoms with E-state index in [1.54, 1.807) is 0 Å². The quantitative estimate of drug-likeness (QED) is 0.192. The van der Waals surface area contributed by atoms with Crippen molar-refractivity contribution in [3.8, 4) is 0 Å². The third-order valence-corrected chi connectivity index (χ3v) is 17.7. The molecule has 264 valence electrons. The molecule has 54 heavy (non-hydrogen) atoms. The molecule has 6 heteroatoms. The summed E-state index contributed by atoms with van der Waals surface area (Å²) in [6, 6.07) is 57.3. The molecule has 0 radical (unpaired) electrons. The highest BCUT2D eigenvalue weighted by atomic mass is 28.3. The minimum Gasteiger partial charge on any atom is -0.351 e. The maximum atomic E-state index is 2.36. The zero-order valence-corrected chi connectivity index (χ0v) is 33.6. The first kappa shape index (κ1) is 33.7. The molecule has 0 saturated carbocycles. The van der Waals surface area contributed by atoms with Crippen LogP contribution in [0, 0.1) is 0 Å². The van der Waals surface area contributed by atoms with E-state index in [0.29, 0.717) is 0 Å². The summed E-state index contributed by atoms with van der Waals surface area (Å²) in [5.74, 6) is 0. The summed E-state index contributed by atoms with van der Waals surface area (Å²) < 4.78 is 9.11. The molecule has 0 fully saturated rings. The zero-order chi connectivity index (χ0) is 36.8.